The molecule has 0 atom stereocenters. The van der Waals surface area contributed by atoms with E-state index < -0.39 is 0 Å². The summed E-state index contributed by atoms with van der Waals surface area (Å²) in [7, 11) is 0. The van der Waals surface area contributed by atoms with Crippen molar-refractivity contribution in [3.63, 3.8) is 0 Å². The van der Waals surface area contributed by atoms with Crippen LogP contribution in [0, 0.1) is 5.92 Å². The Morgan fingerprint density at radius 2 is 2.35 bits per heavy atom. The van der Waals surface area contributed by atoms with Crippen molar-refractivity contribution in [3.8, 4) is 0 Å². The van der Waals surface area contributed by atoms with Gasteiger partial charge in [0.15, 0.2) is 5.65 Å². The van der Waals surface area contributed by atoms with Gasteiger partial charge in [-0.2, -0.15) is 9.61 Å². The third kappa shape index (κ3) is 2.00. The number of anilines is 1. The zero-order valence-electron chi connectivity index (χ0n) is 9.06. The van der Waals surface area contributed by atoms with Crippen LogP contribution in [-0.2, 0) is 0 Å². The molecule has 2 heterocycles. The number of nitrogens with zero attached hydrogens (tertiary/aromatic N) is 3. The van der Waals surface area contributed by atoms with Crippen LogP contribution in [0.5, 0.6) is 0 Å². The van der Waals surface area contributed by atoms with E-state index in [2.05, 4.69) is 20.6 Å². The molecule has 0 radical (unpaired) electrons. The average molecular weight is 254 g/mol. The van der Waals surface area contributed by atoms with E-state index in [1.807, 2.05) is 6.07 Å². The van der Waals surface area contributed by atoms with Gasteiger partial charge in [0.2, 0.25) is 0 Å². The van der Waals surface area contributed by atoms with Crippen LogP contribution >= 0.6 is 11.6 Å². The summed E-state index contributed by atoms with van der Waals surface area (Å²) < 4.78 is 1.24. The van der Waals surface area contributed by atoms with Gasteiger partial charge in [-0.1, -0.05) is 0 Å². The SMILES string of the molecule is O=c1[nH]nc2ccc(NCC3CC(Cl)C3)nn12. The molecule has 3 rings (SSSR count). The molecule has 0 unspecified atom stereocenters. The van der Waals surface area contributed by atoms with Gasteiger partial charge in [-0.3, -0.25) is 0 Å². The molecule has 6 nitrogen and oxygen atoms in total. The summed E-state index contributed by atoms with van der Waals surface area (Å²) in [6.45, 7) is 0.842. The molecule has 90 valence electrons. The van der Waals surface area contributed by atoms with Crippen LogP contribution in [-0.4, -0.2) is 31.7 Å². The van der Waals surface area contributed by atoms with Crippen LogP contribution in [0.3, 0.4) is 0 Å². The molecule has 2 aromatic rings. The number of halogens is 1. The van der Waals surface area contributed by atoms with E-state index >= 15 is 0 Å². The fourth-order valence-electron chi connectivity index (χ4n) is 1.97. The molecular formula is C10H12ClN5O. The number of H-pyrrole nitrogens is 1. The topological polar surface area (TPSA) is 75.1 Å². The lowest BCUT2D eigenvalue weighted by molar-refractivity contribution is 0.341. The van der Waals surface area contributed by atoms with Crippen LogP contribution in [0.4, 0.5) is 5.82 Å². The maximum atomic E-state index is 11.3. The molecule has 17 heavy (non-hydrogen) atoms. The van der Waals surface area contributed by atoms with Crippen molar-refractivity contribution in [2.45, 2.75) is 18.2 Å². The molecule has 0 aromatic carbocycles. The first-order valence-electron chi connectivity index (χ1n) is 5.55. The fraction of sp³-hybridized carbons (Fsp3) is 0.500. The Labute approximate surface area is 102 Å². The van der Waals surface area contributed by atoms with Crippen molar-refractivity contribution in [3.05, 3.63) is 22.6 Å². The van der Waals surface area contributed by atoms with Crippen LogP contribution in [0.2, 0.25) is 0 Å². The molecule has 7 heteroatoms. The monoisotopic (exact) mass is 253 g/mol. The standard InChI is InChI=1S/C10H12ClN5O/c11-7-3-6(4-7)5-12-8-1-2-9-13-14-10(17)16(9)15-8/h1-2,6-7H,3-5H2,(H,12,15)(H,14,17). The molecule has 1 saturated carbocycles. The fourth-order valence-corrected chi connectivity index (χ4v) is 2.47. The van der Waals surface area contributed by atoms with Crippen LogP contribution in [0.15, 0.2) is 16.9 Å². The Balaban J connectivity index is 1.72. The molecule has 1 aliphatic carbocycles. The third-order valence-corrected chi connectivity index (χ3v) is 3.38. The predicted molar refractivity (Wildman–Crippen MR) is 64.5 cm³/mol. The van der Waals surface area contributed by atoms with Gasteiger partial charge in [-0.15, -0.1) is 16.7 Å². The Bertz CT molecular complexity index is 586. The molecular weight excluding hydrogens is 242 g/mol. The number of aromatic nitrogens is 4. The second kappa shape index (κ2) is 4.03. The van der Waals surface area contributed by atoms with Crippen LogP contribution < -0.4 is 11.0 Å². The van der Waals surface area contributed by atoms with Gasteiger partial charge in [0.05, 0.1) is 0 Å². The highest BCUT2D eigenvalue weighted by Gasteiger charge is 2.26. The molecule has 0 spiro atoms. The van der Waals surface area contributed by atoms with E-state index in [-0.39, 0.29) is 5.69 Å². The van der Waals surface area contributed by atoms with Crippen molar-refractivity contribution in [2.24, 2.45) is 5.92 Å². The lowest BCUT2D eigenvalue weighted by atomic mass is 9.85. The number of alkyl halides is 1. The molecule has 0 aliphatic heterocycles. The lowest BCUT2D eigenvalue weighted by Gasteiger charge is -2.30. The summed E-state index contributed by atoms with van der Waals surface area (Å²) in [5.74, 6) is 1.29. The van der Waals surface area contributed by atoms with Gasteiger partial charge in [0, 0.05) is 11.9 Å². The second-order valence-corrected chi connectivity index (χ2v) is 4.95. The normalized spacial score (nSPS) is 23.6. The van der Waals surface area contributed by atoms with E-state index in [0.29, 0.717) is 22.8 Å². The molecule has 0 bridgehead atoms. The zero-order valence-corrected chi connectivity index (χ0v) is 9.81. The van der Waals surface area contributed by atoms with Gasteiger partial charge in [-0.25, -0.2) is 9.89 Å². The van der Waals surface area contributed by atoms with Crippen LogP contribution in [0.1, 0.15) is 12.8 Å². The van der Waals surface area contributed by atoms with E-state index in [1.54, 1.807) is 6.07 Å². The van der Waals surface area contributed by atoms with Crippen molar-refractivity contribution >= 4 is 23.1 Å². The number of fused-ring (bicyclic) bond motifs is 1. The maximum absolute atomic E-state index is 11.3. The summed E-state index contributed by atoms with van der Waals surface area (Å²) in [6, 6.07) is 3.56. The minimum absolute atomic E-state index is 0.326. The third-order valence-electron chi connectivity index (χ3n) is 3.02. The van der Waals surface area contributed by atoms with Gasteiger partial charge < -0.3 is 5.32 Å². The van der Waals surface area contributed by atoms with E-state index in [1.165, 1.54) is 4.52 Å². The number of nitrogens with one attached hydrogen (secondary N) is 2. The van der Waals surface area contributed by atoms with E-state index in [9.17, 15) is 4.79 Å². The van der Waals surface area contributed by atoms with Crippen molar-refractivity contribution in [2.75, 3.05) is 11.9 Å². The lowest BCUT2D eigenvalue weighted by Crippen LogP contribution is -2.30. The Morgan fingerprint density at radius 1 is 1.53 bits per heavy atom. The van der Waals surface area contributed by atoms with Gasteiger partial charge in [0.25, 0.3) is 0 Å². The largest absolute Gasteiger partial charge is 0.368 e. The van der Waals surface area contributed by atoms with E-state index in [0.717, 1.165) is 19.4 Å². The number of hydrogen-bond donors (Lipinski definition) is 2. The number of aromatic amines is 1. The predicted octanol–water partition coefficient (Wildman–Crippen LogP) is 0.847. The average Bonchev–Trinajstić information content (AvgIpc) is 2.65. The Morgan fingerprint density at radius 3 is 3.12 bits per heavy atom. The van der Waals surface area contributed by atoms with Crippen molar-refractivity contribution in [1.29, 1.82) is 0 Å². The van der Waals surface area contributed by atoms with Gasteiger partial charge in [0.1, 0.15) is 5.82 Å². The van der Waals surface area contributed by atoms with Crippen LogP contribution in [0.25, 0.3) is 5.65 Å². The Hall–Kier alpha value is -1.56. The quantitative estimate of drug-likeness (QED) is 0.795. The van der Waals surface area contributed by atoms with Crippen molar-refractivity contribution < 1.29 is 0 Å². The van der Waals surface area contributed by atoms with Gasteiger partial charge in [-0.05, 0) is 30.9 Å². The summed E-state index contributed by atoms with van der Waals surface area (Å²) in [4.78, 5) is 11.3. The smallest absolute Gasteiger partial charge is 0.364 e. The van der Waals surface area contributed by atoms with Crippen molar-refractivity contribution in [1.82, 2.24) is 19.8 Å². The first kappa shape index (κ1) is 10.6. The Kier molecular flexibility index (Phi) is 2.51. The van der Waals surface area contributed by atoms with E-state index in [4.69, 9.17) is 11.6 Å². The molecule has 2 N–H and O–H groups in total. The molecule has 2 aromatic heterocycles. The molecule has 1 aliphatic rings. The molecule has 0 amide bonds. The highest BCUT2D eigenvalue weighted by molar-refractivity contribution is 6.21. The maximum Gasteiger partial charge on any atom is 0.364 e. The highest BCUT2D eigenvalue weighted by atomic mass is 35.5. The highest BCUT2D eigenvalue weighted by Crippen LogP contribution is 2.31. The minimum Gasteiger partial charge on any atom is -0.368 e. The summed E-state index contributed by atoms with van der Waals surface area (Å²) in [5.41, 5.74) is 0.193. The molecule has 1 fully saturated rings. The minimum atomic E-state index is -0.326. The molecule has 0 saturated heterocycles. The zero-order chi connectivity index (χ0) is 11.8. The summed E-state index contributed by atoms with van der Waals surface area (Å²) in [6.07, 6.45) is 2.09. The second-order valence-electron chi connectivity index (χ2n) is 4.33. The summed E-state index contributed by atoms with van der Waals surface area (Å²) in [5, 5.41) is 13.8. The first-order valence-corrected chi connectivity index (χ1v) is 5.98. The summed E-state index contributed by atoms with van der Waals surface area (Å²) >= 11 is 5.91. The van der Waals surface area contributed by atoms with Gasteiger partial charge >= 0.3 is 5.69 Å². The number of rotatable bonds is 3. The number of hydrogen-bond acceptors (Lipinski definition) is 4. The first-order chi connectivity index (χ1) is 8.22.